The van der Waals surface area contributed by atoms with E-state index < -0.39 is 0 Å². The summed E-state index contributed by atoms with van der Waals surface area (Å²) in [5.74, 6) is 0.997. The van der Waals surface area contributed by atoms with Crippen molar-refractivity contribution in [3.63, 3.8) is 0 Å². The predicted molar refractivity (Wildman–Crippen MR) is 53.4 cm³/mol. The summed E-state index contributed by atoms with van der Waals surface area (Å²) in [5.41, 5.74) is 0. The zero-order chi connectivity index (χ0) is 9.84. The van der Waals surface area contributed by atoms with Crippen molar-refractivity contribution in [2.24, 2.45) is 11.8 Å². The van der Waals surface area contributed by atoms with Crippen LogP contribution in [0.5, 0.6) is 0 Å². The molecule has 2 atom stereocenters. The van der Waals surface area contributed by atoms with E-state index in [0.717, 1.165) is 19.5 Å². The second kappa shape index (κ2) is 4.61. The third-order valence-corrected chi connectivity index (χ3v) is 2.37. The Bertz CT molecular complexity index is 180. The lowest BCUT2D eigenvalue weighted by Crippen LogP contribution is -2.45. The van der Waals surface area contributed by atoms with Crippen molar-refractivity contribution >= 4 is 5.91 Å². The van der Waals surface area contributed by atoms with Crippen LogP contribution < -0.4 is 10.6 Å². The Morgan fingerprint density at radius 1 is 1.46 bits per heavy atom. The number of hydrogen-bond acceptors (Lipinski definition) is 2. The monoisotopic (exact) mass is 184 g/mol. The first-order valence-electron chi connectivity index (χ1n) is 5.10. The molecule has 0 radical (unpaired) electrons. The predicted octanol–water partition coefficient (Wildman–Crippen LogP) is 0.757. The van der Waals surface area contributed by atoms with Gasteiger partial charge >= 0.3 is 0 Å². The highest BCUT2D eigenvalue weighted by Gasteiger charge is 2.24. The Kier molecular flexibility index (Phi) is 3.72. The Morgan fingerprint density at radius 3 is 2.69 bits per heavy atom. The maximum atomic E-state index is 11.6. The average Bonchev–Trinajstić information content (AvgIpc) is 2.03. The molecule has 76 valence electrons. The molecule has 0 aliphatic carbocycles. The molecule has 3 nitrogen and oxygen atoms in total. The largest absolute Gasteiger partial charge is 0.354 e. The number of nitrogens with one attached hydrogen (secondary N) is 2. The molecule has 1 aliphatic heterocycles. The molecule has 0 spiro atoms. The maximum Gasteiger partial charge on any atom is 0.224 e. The number of amides is 1. The second-order valence-corrected chi connectivity index (χ2v) is 4.36. The molecular formula is C10H20N2O. The van der Waals surface area contributed by atoms with E-state index in [2.05, 4.69) is 17.6 Å². The summed E-state index contributed by atoms with van der Waals surface area (Å²) in [4.78, 5) is 11.6. The molecule has 0 aromatic carbocycles. The molecule has 2 unspecified atom stereocenters. The molecule has 1 amide bonds. The summed E-state index contributed by atoms with van der Waals surface area (Å²) < 4.78 is 0. The standard InChI is InChI=1S/C10H20N2O/c1-7(2)12-10(13)9-4-8(3)5-11-6-9/h7-9,11H,4-6H2,1-3H3,(H,12,13). The lowest BCUT2D eigenvalue weighted by atomic mass is 9.91. The zero-order valence-electron chi connectivity index (χ0n) is 8.76. The van der Waals surface area contributed by atoms with Gasteiger partial charge < -0.3 is 10.6 Å². The third-order valence-electron chi connectivity index (χ3n) is 2.37. The zero-order valence-corrected chi connectivity index (χ0v) is 8.76. The normalized spacial score (nSPS) is 28.9. The fourth-order valence-electron chi connectivity index (χ4n) is 1.76. The van der Waals surface area contributed by atoms with Gasteiger partial charge in [0, 0.05) is 12.6 Å². The third kappa shape index (κ3) is 3.35. The van der Waals surface area contributed by atoms with Crippen LogP contribution in [0.25, 0.3) is 0 Å². The Balaban J connectivity index is 2.37. The SMILES string of the molecule is CC1CNCC(C(=O)NC(C)C)C1. The molecular weight excluding hydrogens is 164 g/mol. The summed E-state index contributed by atoms with van der Waals surface area (Å²) in [7, 11) is 0. The summed E-state index contributed by atoms with van der Waals surface area (Å²) >= 11 is 0. The van der Waals surface area contributed by atoms with Crippen molar-refractivity contribution in [3.05, 3.63) is 0 Å². The molecule has 0 saturated carbocycles. The number of hydrogen-bond donors (Lipinski definition) is 2. The van der Waals surface area contributed by atoms with Crippen molar-refractivity contribution in [1.82, 2.24) is 10.6 Å². The summed E-state index contributed by atoms with van der Waals surface area (Å²) in [5, 5.41) is 6.23. The number of rotatable bonds is 2. The summed E-state index contributed by atoms with van der Waals surface area (Å²) in [6.07, 6.45) is 1.02. The van der Waals surface area contributed by atoms with Gasteiger partial charge in [0.05, 0.1) is 5.92 Å². The van der Waals surface area contributed by atoms with E-state index in [1.54, 1.807) is 0 Å². The fraction of sp³-hybridized carbons (Fsp3) is 0.900. The highest BCUT2D eigenvalue weighted by molar-refractivity contribution is 5.79. The van der Waals surface area contributed by atoms with Crippen LogP contribution in [0.3, 0.4) is 0 Å². The molecule has 13 heavy (non-hydrogen) atoms. The maximum absolute atomic E-state index is 11.6. The van der Waals surface area contributed by atoms with Gasteiger partial charge in [0.25, 0.3) is 0 Å². The molecule has 0 aromatic rings. The van der Waals surface area contributed by atoms with Gasteiger partial charge in [0.2, 0.25) is 5.91 Å². The van der Waals surface area contributed by atoms with Gasteiger partial charge in [-0.15, -0.1) is 0 Å². The van der Waals surface area contributed by atoms with Crippen LogP contribution in [0.15, 0.2) is 0 Å². The molecule has 1 aliphatic rings. The van der Waals surface area contributed by atoms with Crippen molar-refractivity contribution < 1.29 is 4.79 Å². The van der Waals surface area contributed by atoms with E-state index in [-0.39, 0.29) is 17.9 Å². The van der Waals surface area contributed by atoms with Gasteiger partial charge in [0.15, 0.2) is 0 Å². The number of carbonyl (C=O) groups excluding carboxylic acids is 1. The van der Waals surface area contributed by atoms with Crippen LogP contribution in [-0.2, 0) is 4.79 Å². The van der Waals surface area contributed by atoms with Crippen LogP contribution >= 0.6 is 0 Å². The fourth-order valence-corrected chi connectivity index (χ4v) is 1.76. The Morgan fingerprint density at radius 2 is 2.15 bits per heavy atom. The first-order valence-corrected chi connectivity index (χ1v) is 5.10. The lowest BCUT2D eigenvalue weighted by molar-refractivity contribution is -0.126. The molecule has 2 N–H and O–H groups in total. The second-order valence-electron chi connectivity index (χ2n) is 4.36. The van der Waals surface area contributed by atoms with Crippen molar-refractivity contribution in [1.29, 1.82) is 0 Å². The highest BCUT2D eigenvalue weighted by atomic mass is 16.1. The highest BCUT2D eigenvalue weighted by Crippen LogP contribution is 2.15. The van der Waals surface area contributed by atoms with Gasteiger partial charge in [-0.05, 0) is 32.7 Å². The quantitative estimate of drug-likeness (QED) is 0.665. The topological polar surface area (TPSA) is 41.1 Å². The van der Waals surface area contributed by atoms with Crippen LogP contribution in [-0.4, -0.2) is 25.0 Å². The van der Waals surface area contributed by atoms with Crippen LogP contribution in [0.1, 0.15) is 27.2 Å². The molecule has 0 bridgehead atoms. The van der Waals surface area contributed by atoms with Crippen LogP contribution in [0, 0.1) is 11.8 Å². The van der Waals surface area contributed by atoms with E-state index in [1.807, 2.05) is 13.8 Å². The van der Waals surface area contributed by atoms with Crippen molar-refractivity contribution in [2.75, 3.05) is 13.1 Å². The van der Waals surface area contributed by atoms with Crippen LogP contribution in [0.2, 0.25) is 0 Å². The van der Waals surface area contributed by atoms with Gasteiger partial charge in [-0.1, -0.05) is 6.92 Å². The summed E-state index contributed by atoms with van der Waals surface area (Å²) in [6.45, 7) is 8.06. The van der Waals surface area contributed by atoms with E-state index >= 15 is 0 Å². The summed E-state index contributed by atoms with van der Waals surface area (Å²) in [6, 6.07) is 0.254. The Hall–Kier alpha value is -0.570. The first kappa shape index (κ1) is 10.5. The lowest BCUT2D eigenvalue weighted by Gasteiger charge is -2.27. The molecule has 1 saturated heterocycles. The van der Waals surface area contributed by atoms with Gasteiger partial charge in [-0.25, -0.2) is 0 Å². The molecule has 1 rings (SSSR count). The van der Waals surface area contributed by atoms with Crippen LogP contribution in [0.4, 0.5) is 0 Å². The minimum atomic E-state index is 0.172. The van der Waals surface area contributed by atoms with E-state index in [4.69, 9.17) is 0 Å². The van der Waals surface area contributed by atoms with Gasteiger partial charge in [0.1, 0.15) is 0 Å². The number of carbonyl (C=O) groups is 1. The van der Waals surface area contributed by atoms with Crippen molar-refractivity contribution in [2.45, 2.75) is 33.2 Å². The molecule has 3 heteroatoms. The van der Waals surface area contributed by atoms with Gasteiger partial charge in [-0.2, -0.15) is 0 Å². The first-order chi connectivity index (χ1) is 6.09. The minimum Gasteiger partial charge on any atom is -0.354 e. The van der Waals surface area contributed by atoms with E-state index in [9.17, 15) is 4.79 Å². The average molecular weight is 184 g/mol. The van der Waals surface area contributed by atoms with E-state index in [0.29, 0.717) is 5.92 Å². The van der Waals surface area contributed by atoms with Gasteiger partial charge in [-0.3, -0.25) is 4.79 Å². The van der Waals surface area contributed by atoms with Crippen molar-refractivity contribution in [3.8, 4) is 0 Å². The molecule has 0 aromatic heterocycles. The smallest absolute Gasteiger partial charge is 0.224 e. The Labute approximate surface area is 80.3 Å². The van der Waals surface area contributed by atoms with E-state index in [1.165, 1.54) is 0 Å². The molecule has 1 heterocycles. The minimum absolute atomic E-state index is 0.172. The number of piperidine rings is 1. The molecule has 1 fully saturated rings.